The molecule has 34 heavy (non-hydrogen) atoms. The predicted octanol–water partition coefficient (Wildman–Crippen LogP) is 6.33. The summed E-state index contributed by atoms with van der Waals surface area (Å²) in [6, 6.07) is 13.4. The summed E-state index contributed by atoms with van der Waals surface area (Å²) in [6.45, 7) is 4.53. The molecule has 5 rings (SSSR count). The molecular formula is C29H39NO3S. The van der Waals surface area contributed by atoms with Crippen molar-refractivity contribution in [3.05, 3.63) is 59.2 Å². The molecule has 2 N–H and O–H groups in total. The van der Waals surface area contributed by atoms with E-state index in [0.717, 1.165) is 51.4 Å². The van der Waals surface area contributed by atoms with Crippen molar-refractivity contribution in [2.24, 2.45) is 17.3 Å². The van der Waals surface area contributed by atoms with Crippen LogP contribution in [0.5, 0.6) is 5.75 Å². The summed E-state index contributed by atoms with van der Waals surface area (Å²) in [5.74, 6) is 2.05. The van der Waals surface area contributed by atoms with E-state index in [1.54, 1.807) is 12.1 Å². The van der Waals surface area contributed by atoms with Crippen molar-refractivity contribution < 1.29 is 13.5 Å². The highest BCUT2D eigenvalue weighted by Gasteiger charge is 2.55. The second-order valence-corrected chi connectivity index (χ2v) is 12.9. The molecule has 0 saturated heterocycles. The minimum atomic E-state index is -3.53. The highest BCUT2D eigenvalue weighted by Crippen LogP contribution is 2.61. The Morgan fingerprint density at radius 1 is 1.03 bits per heavy atom. The van der Waals surface area contributed by atoms with Crippen LogP contribution in [0.25, 0.3) is 0 Å². The molecule has 184 valence electrons. The molecule has 0 radical (unpaired) electrons. The Morgan fingerprint density at radius 3 is 2.59 bits per heavy atom. The van der Waals surface area contributed by atoms with Crippen molar-refractivity contribution in [1.82, 2.24) is 4.72 Å². The molecular weight excluding hydrogens is 442 g/mol. The van der Waals surface area contributed by atoms with Crippen molar-refractivity contribution in [2.45, 2.75) is 94.9 Å². The SMILES string of the molecule is CCCCCc1ccc(S(=O)(=O)N[C@H]2CC[C@H]3[C@@H]4CCc5cc(O)ccc5[C@H]4CC[C@]23C)cc1. The molecule has 2 saturated carbocycles. The minimum Gasteiger partial charge on any atom is -0.508 e. The Kier molecular flexibility index (Phi) is 6.54. The molecule has 0 heterocycles. The predicted molar refractivity (Wildman–Crippen MR) is 137 cm³/mol. The quantitative estimate of drug-likeness (QED) is 0.454. The van der Waals surface area contributed by atoms with E-state index < -0.39 is 10.0 Å². The second-order valence-electron chi connectivity index (χ2n) is 11.2. The fourth-order valence-electron chi connectivity index (χ4n) is 7.43. The number of phenols is 1. The normalized spacial score (nSPS) is 30.4. The Morgan fingerprint density at radius 2 is 1.82 bits per heavy atom. The largest absolute Gasteiger partial charge is 0.508 e. The highest BCUT2D eigenvalue weighted by molar-refractivity contribution is 7.89. The summed E-state index contributed by atoms with van der Waals surface area (Å²) in [6.07, 6.45) is 10.9. The lowest BCUT2D eigenvalue weighted by molar-refractivity contribution is 0.0462. The van der Waals surface area contributed by atoms with Crippen molar-refractivity contribution >= 4 is 10.0 Å². The number of hydrogen-bond acceptors (Lipinski definition) is 3. The van der Waals surface area contributed by atoms with Crippen molar-refractivity contribution in [2.75, 3.05) is 0 Å². The smallest absolute Gasteiger partial charge is 0.240 e. The first-order valence-corrected chi connectivity index (χ1v) is 14.7. The van der Waals surface area contributed by atoms with Crippen LogP contribution in [0.2, 0.25) is 0 Å². The summed E-state index contributed by atoms with van der Waals surface area (Å²) in [4.78, 5) is 0.388. The molecule has 3 aliphatic carbocycles. The van der Waals surface area contributed by atoms with Gasteiger partial charge in [0.05, 0.1) is 4.90 Å². The monoisotopic (exact) mass is 481 g/mol. The molecule has 0 aliphatic heterocycles. The van der Waals surface area contributed by atoms with Gasteiger partial charge in [0.25, 0.3) is 0 Å². The fourth-order valence-corrected chi connectivity index (χ4v) is 8.82. The number of unbranched alkanes of at least 4 members (excludes halogenated alkanes) is 2. The van der Waals surface area contributed by atoms with Crippen LogP contribution in [0, 0.1) is 17.3 Å². The third-order valence-corrected chi connectivity index (χ3v) is 10.8. The summed E-state index contributed by atoms with van der Waals surface area (Å²) in [5.41, 5.74) is 3.94. The molecule has 2 fully saturated rings. The summed E-state index contributed by atoms with van der Waals surface area (Å²) in [7, 11) is -3.53. The van der Waals surface area contributed by atoms with E-state index in [4.69, 9.17) is 0 Å². The van der Waals surface area contributed by atoms with Gasteiger partial charge in [0.1, 0.15) is 5.75 Å². The van der Waals surface area contributed by atoms with Crippen LogP contribution in [0.15, 0.2) is 47.4 Å². The minimum absolute atomic E-state index is 0.00273. The lowest BCUT2D eigenvalue weighted by Crippen LogP contribution is -2.50. The number of nitrogens with one attached hydrogen (secondary N) is 1. The van der Waals surface area contributed by atoms with Crippen LogP contribution in [0.1, 0.15) is 87.8 Å². The van der Waals surface area contributed by atoms with E-state index in [1.165, 1.54) is 29.5 Å². The lowest BCUT2D eigenvalue weighted by atomic mass is 9.55. The summed E-state index contributed by atoms with van der Waals surface area (Å²) >= 11 is 0. The first-order valence-electron chi connectivity index (χ1n) is 13.2. The van der Waals surface area contributed by atoms with Crippen LogP contribution in [0.4, 0.5) is 0 Å². The zero-order valence-corrected chi connectivity index (χ0v) is 21.4. The maximum Gasteiger partial charge on any atom is 0.240 e. The van der Waals surface area contributed by atoms with Gasteiger partial charge in [0.15, 0.2) is 0 Å². The van der Waals surface area contributed by atoms with Crippen molar-refractivity contribution in [3.8, 4) is 5.75 Å². The van der Waals surface area contributed by atoms with Gasteiger partial charge >= 0.3 is 0 Å². The maximum atomic E-state index is 13.3. The van der Waals surface area contributed by atoms with E-state index in [-0.39, 0.29) is 11.5 Å². The van der Waals surface area contributed by atoms with Gasteiger partial charge in [-0.1, -0.05) is 44.9 Å². The molecule has 5 heteroatoms. The number of aryl methyl sites for hydroxylation is 2. The van der Waals surface area contributed by atoms with Gasteiger partial charge in [-0.2, -0.15) is 0 Å². The van der Waals surface area contributed by atoms with E-state index >= 15 is 0 Å². The number of benzene rings is 2. The standard InChI is InChI=1S/C29H39NO3S/c1-3-4-5-6-20-7-11-23(12-8-20)34(32,33)30-28-16-15-27-26-13-9-21-19-22(31)10-14-24(21)25(26)17-18-29(27,28)2/h7-8,10-12,14,19,25-28,30-31H,3-6,9,13,15-18H2,1-2H3/t25-,26-,27+,28+,29+/m1/s1. The van der Waals surface area contributed by atoms with E-state index in [9.17, 15) is 13.5 Å². The van der Waals surface area contributed by atoms with Gasteiger partial charge in [0.2, 0.25) is 10.0 Å². The molecule has 0 spiro atoms. The molecule has 3 aliphatic rings. The number of sulfonamides is 1. The molecule has 5 atom stereocenters. The molecule has 0 bridgehead atoms. The summed E-state index contributed by atoms with van der Waals surface area (Å²) < 4.78 is 29.8. The van der Waals surface area contributed by atoms with Crippen LogP contribution in [-0.4, -0.2) is 19.6 Å². The Balaban J connectivity index is 1.30. The van der Waals surface area contributed by atoms with Crippen LogP contribution >= 0.6 is 0 Å². The third kappa shape index (κ3) is 4.30. The molecule has 2 aromatic carbocycles. The number of rotatable bonds is 7. The first-order chi connectivity index (χ1) is 16.3. The Hall–Kier alpha value is -1.85. The molecule has 0 unspecified atom stereocenters. The number of fused-ring (bicyclic) bond motifs is 5. The zero-order valence-electron chi connectivity index (χ0n) is 20.6. The fraction of sp³-hybridized carbons (Fsp3) is 0.586. The van der Waals surface area contributed by atoms with Gasteiger partial charge < -0.3 is 5.11 Å². The zero-order chi connectivity index (χ0) is 23.9. The second kappa shape index (κ2) is 9.31. The third-order valence-electron chi connectivity index (χ3n) is 9.31. The van der Waals surface area contributed by atoms with Gasteiger partial charge in [-0.05, 0) is 115 Å². The van der Waals surface area contributed by atoms with Gasteiger partial charge in [0, 0.05) is 6.04 Å². The number of aromatic hydroxyl groups is 1. The maximum absolute atomic E-state index is 13.3. The van der Waals surface area contributed by atoms with Gasteiger partial charge in [-0.25, -0.2) is 13.1 Å². The van der Waals surface area contributed by atoms with E-state index in [1.807, 2.05) is 24.3 Å². The van der Waals surface area contributed by atoms with Gasteiger partial charge in [-0.3, -0.25) is 0 Å². The highest BCUT2D eigenvalue weighted by atomic mass is 32.2. The average Bonchev–Trinajstić information content (AvgIpc) is 3.15. The van der Waals surface area contributed by atoms with E-state index in [0.29, 0.717) is 28.4 Å². The molecule has 4 nitrogen and oxygen atoms in total. The Bertz CT molecular complexity index is 1130. The average molecular weight is 482 g/mol. The van der Waals surface area contributed by atoms with Crippen molar-refractivity contribution in [1.29, 1.82) is 0 Å². The number of phenolic OH excluding ortho intramolecular Hbond substituents is 1. The molecule has 0 aromatic heterocycles. The summed E-state index contributed by atoms with van der Waals surface area (Å²) in [5, 5.41) is 9.91. The molecule has 0 amide bonds. The first kappa shape index (κ1) is 23.9. The van der Waals surface area contributed by atoms with Gasteiger partial charge in [-0.15, -0.1) is 0 Å². The number of hydrogen-bond donors (Lipinski definition) is 2. The lowest BCUT2D eigenvalue weighted by Gasteiger charge is -2.51. The Labute approximate surface area is 205 Å². The van der Waals surface area contributed by atoms with Crippen molar-refractivity contribution in [3.63, 3.8) is 0 Å². The molecule has 2 aromatic rings. The van der Waals surface area contributed by atoms with E-state index in [2.05, 4.69) is 24.6 Å². The van der Waals surface area contributed by atoms with Crippen LogP contribution in [-0.2, 0) is 22.9 Å². The van der Waals surface area contributed by atoms with Crippen LogP contribution in [0.3, 0.4) is 0 Å². The topological polar surface area (TPSA) is 66.4 Å². The van der Waals surface area contributed by atoms with Crippen LogP contribution < -0.4 is 4.72 Å².